The van der Waals surface area contributed by atoms with Gasteiger partial charge in [0.1, 0.15) is 0 Å². The molecule has 0 aromatic carbocycles. The summed E-state index contributed by atoms with van der Waals surface area (Å²) in [6, 6.07) is 0. The number of hydrogen-bond acceptors (Lipinski definition) is 0. The molecular formula is C24H53OSn2. The van der Waals surface area contributed by atoms with Gasteiger partial charge in [-0.05, 0) is 0 Å². The quantitative estimate of drug-likeness (QED) is 0.0945. The SMILES string of the molecule is CCCCCCC[CH2][Sn]([CH2]CCCCCCC)[CH2]CCCCCCC.O.[Sn]. The van der Waals surface area contributed by atoms with E-state index in [2.05, 4.69) is 20.8 Å². The first-order valence-electron chi connectivity index (χ1n) is 12.2. The second kappa shape index (κ2) is 29.8. The predicted molar refractivity (Wildman–Crippen MR) is 130 cm³/mol. The molecule has 0 bridgehead atoms. The molecule has 0 saturated carbocycles. The zero-order valence-electron chi connectivity index (χ0n) is 19.3. The maximum Gasteiger partial charge on any atom is 0 e. The van der Waals surface area contributed by atoms with Gasteiger partial charge in [-0.15, -0.1) is 0 Å². The molecule has 0 saturated heterocycles. The number of rotatable bonds is 21. The third-order valence-corrected chi connectivity index (χ3v) is 14.7. The van der Waals surface area contributed by atoms with Gasteiger partial charge in [-0.2, -0.15) is 0 Å². The summed E-state index contributed by atoms with van der Waals surface area (Å²) in [6.07, 6.45) is 26.9. The molecular weight excluding hydrogens is 542 g/mol. The van der Waals surface area contributed by atoms with E-state index in [1.165, 1.54) is 96.3 Å². The van der Waals surface area contributed by atoms with Crippen LogP contribution in [-0.2, 0) is 0 Å². The van der Waals surface area contributed by atoms with E-state index < -0.39 is 19.8 Å². The summed E-state index contributed by atoms with van der Waals surface area (Å²) in [5.74, 6) is 0. The van der Waals surface area contributed by atoms with Gasteiger partial charge >= 0.3 is 169 Å². The molecule has 0 aromatic heterocycles. The fourth-order valence-electron chi connectivity index (χ4n) is 3.84. The topological polar surface area (TPSA) is 31.5 Å². The van der Waals surface area contributed by atoms with Crippen molar-refractivity contribution in [2.24, 2.45) is 0 Å². The third kappa shape index (κ3) is 27.6. The molecule has 0 spiro atoms. The third-order valence-electron chi connectivity index (χ3n) is 5.65. The zero-order valence-corrected chi connectivity index (χ0v) is 25.1. The first-order chi connectivity index (χ1) is 12.3. The van der Waals surface area contributed by atoms with E-state index in [4.69, 9.17) is 0 Å². The standard InChI is InChI=1S/3C8H17.H2O.2Sn/c3*1-3-5-7-8-6-4-2;;;/h3*1,3-8H2,2H3;1H2;;. The molecule has 1 nitrogen and oxygen atoms in total. The van der Waals surface area contributed by atoms with E-state index in [-0.39, 0.29) is 29.4 Å². The fourth-order valence-corrected chi connectivity index (χ4v) is 12.4. The first kappa shape index (κ1) is 33.2. The van der Waals surface area contributed by atoms with Crippen LogP contribution in [0.3, 0.4) is 0 Å². The Morgan fingerprint density at radius 1 is 0.370 bits per heavy atom. The summed E-state index contributed by atoms with van der Waals surface area (Å²) >= 11 is -1.02. The minimum absolute atomic E-state index is 0. The van der Waals surface area contributed by atoms with Crippen molar-refractivity contribution in [1.29, 1.82) is 0 Å². The van der Waals surface area contributed by atoms with Gasteiger partial charge < -0.3 is 5.48 Å². The molecule has 2 N–H and O–H groups in total. The van der Waals surface area contributed by atoms with Crippen LogP contribution in [0.2, 0.25) is 13.3 Å². The Labute approximate surface area is 197 Å². The second-order valence-electron chi connectivity index (χ2n) is 8.30. The second-order valence-corrected chi connectivity index (χ2v) is 16.9. The Bertz CT molecular complexity index is 198. The molecule has 5 radical (unpaired) electrons. The first-order valence-corrected chi connectivity index (χ1v) is 18.2. The van der Waals surface area contributed by atoms with E-state index in [0.29, 0.717) is 0 Å². The van der Waals surface area contributed by atoms with E-state index in [1.807, 2.05) is 0 Å². The average molecular weight is 595 g/mol. The summed E-state index contributed by atoms with van der Waals surface area (Å²) in [6.45, 7) is 6.98. The van der Waals surface area contributed by atoms with Gasteiger partial charge in [-0.1, -0.05) is 0 Å². The van der Waals surface area contributed by atoms with Gasteiger partial charge in [-0.25, -0.2) is 0 Å². The monoisotopic (exact) mass is 597 g/mol. The predicted octanol–water partition coefficient (Wildman–Crippen LogP) is 8.36. The van der Waals surface area contributed by atoms with Crippen molar-refractivity contribution in [3.8, 4) is 0 Å². The number of hydrogen-bond donors (Lipinski definition) is 0. The van der Waals surface area contributed by atoms with Crippen molar-refractivity contribution in [3.63, 3.8) is 0 Å². The smallest absolute Gasteiger partial charge is 0 e. The molecule has 0 aliphatic rings. The van der Waals surface area contributed by atoms with Gasteiger partial charge in [-0.3, -0.25) is 0 Å². The molecule has 0 fully saturated rings. The molecule has 0 amide bonds. The van der Waals surface area contributed by atoms with Crippen molar-refractivity contribution in [2.45, 2.75) is 150 Å². The molecule has 0 rings (SSSR count). The Kier molecular flexibility index (Phi) is 36.6. The van der Waals surface area contributed by atoms with Crippen molar-refractivity contribution >= 4 is 43.7 Å². The van der Waals surface area contributed by atoms with E-state index in [0.717, 1.165) is 0 Å². The minimum atomic E-state index is -1.02. The molecule has 0 aliphatic heterocycles. The van der Waals surface area contributed by atoms with Crippen LogP contribution in [0.15, 0.2) is 0 Å². The van der Waals surface area contributed by atoms with E-state index in [1.54, 1.807) is 32.6 Å². The molecule has 0 unspecified atom stereocenters. The molecule has 0 atom stereocenters. The largest absolute Gasteiger partial charge is 0.412 e. The maximum atomic E-state index is 2.33. The molecule has 27 heavy (non-hydrogen) atoms. The van der Waals surface area contributed by atoms with Gasteiger partial charge in [0.25, 0.3) is 0 Å². The van der Waals surface area contributed by atoms with Crippen LogP contribution in [0.25, 0.3) is 0 Å². The molecule has 0 aromatic rings. The van der Waals surface area contributed by atoms with Gasteiger partial charge in [0, 0.05) is 23.9 Å². The van der Waals surface area contributed by atoms with Crippen molar-refractivity contribution in [1.82, 2.24) is 0 Å². The van der Waals surface area contributed by atoms with Gasteiger partial charge in [0.05, 0.1) is 0 Å². The van der Waals surface area contributed by atoms with Crippen LogP contribution in [0, 0.1) is 0 Å². The fraction of sp³-hybridized carbons (Fsp3) is 1.00. The van der Waals surface area contributed by atoms with Crippen LogP contribution in [-0.4, -0.2) is 49.1 Å². The zero-order chi connectivity index (χ0) is 18.4. The molecule has 0 heterocycles. The summed E-state index contributed by atoms with van der Waals surface area (Å²) in [5.41, 5.74) is 0. The van der Waals surface area contributed by atoms with Gasteiger partial charge in [0.15, 0.2) is 0 Å². The minimum Gasteiger partial charge on any atom is -0.412 e. The van der Waals surface area contributed by atoms with Crippen LogP contribution in [0.5, 0.6) is 0 Å². The van der Waals surface area contributed by atoms with Crippen LogP contribution in [0.1, 0.15) is 136 Å². The Balaban J connectivity index is -0.00000288. The van der Waals surface area contributed by atoms with Crippen LogP contribution < -0.4 is 0 Å². The Morgan fingerprint density at radius 3 is 0.852 bits per heavy atom. The molecule has 0 aliphatic carbocycles. The maximum absolute atomic E-state index is 2.33. The Morgan fingerprint density at radius 2 is 0.593 bits per heavy atom. The normalized spacial score (nSPS) is 10.7. The summed E-state index contributed by atoms with van der Waals surface area (Å²) in [5, 5.41) is 0. The molecule has 3 heteroatoms. The van der Waals surface area contributed by atoms with Crippen molar-refractivity contribution in [3.05, 3.63) is 0 Å². The van der Waals surface area contributed by atoms with E-state index in [9.17, 15) is 0 Å². The average Bonchev–Trinajstić information content (AvgIpc) is 2.63. The summed E-state index contributed by atoms with van der Waals surface area (Å²) in [4.78, 5) is 0. The van der Waals surface area contributed by atoms with E-state index >= 15 is 0 Å². The van der Waals surface area contributed by atoms with Crippen molar-refractivity contribution in [2.75, 3.05) is 0 Å². The number of unbranched alkanes of at least 4 members (excludes halogenated alkanes) is 15. The Hall–Kier alpha value is 1.56. The van der Waals surface area contributed by atoms with Gasteiger partial charge in [0.2, 0.25) is 0 Å². The van der Waals surface area contributed by atoms with Crippen LogP contribution in [0.4, 0.5) is 0 Å². The van der Waals surface area contributed by atoms with Crippen molar-refractivity contribution < 1.29 is 5.48 Å². The summed E-state index contributed by atoms with van der Waals surface area (Å²) in [7, 11) is 0. The molecule has 163 valence electrons. The summed E-state index contributed by atoms with van der Waals surface area (Å²) < 4.78 is 5.16. The van der Waals surface area contributed by atoms with Crippen LogP contribution >= 0.6 is 0 Å².